The number of primary amides is 1. The van der Waals surface area contributed by atoms with E-state index in [4.69, 9.17) is 5.73 Å². The van der Waals surface area contributed by atoms with Crippen LogP contribution in [0.2, 0.25) is 0 Å². The van der Waals surface area contributed by atoms with Gasteiger partial charge in [-0.15, -0.1) is 11.3 Å². The Kier molecular flexibility index (Phi) is 5.14. The van der Waals surface area contributed by atoms with Gasteiger partial charge in [-0.2, -0.15) is 0 Å². The first-order valence-electron chi connectivity index (χ1n) is 7.97. The summed E-state index contributed by atoms with van der Waals surface area (Å²) in [4.78, 5) is 25.2. The quantitative estimate of drug-likeness (QED) is 0.717. The van der Waals surface area contributed by atoms with Gasteiger partial charge in [-0.25, -0.2) is 4.39 Å². The molecule has 26 heavy (non-hydrogen) atoms. The first kappa shape index (κ1) is 17.8. The van der Waals surface area contributed by atoms with Crippen molar-refractivity contribution in [2.45, 2.75) is 13.5 Å². The van der Waals surface area contributed by atoms with Crippen LogP contribution in [0.3, 0.4) is 0 Å². The van der Waals surface area contributed by atoms with E-state index in [0.717, 1.165) is 21.6 Å². The molecule has 0 saturated heterocycles. The van der Waals surface area contributed by atoms with Gasteiger partial charge in [0.1, 0.15) is 5.82 Å². The lowest BCUT2D eigenvalue weighted by Gasteiger charge is -2.05. The predicted octanol–water partition coefficient (Wildman–Crippen LogP) is 3.89. The number of hydrogen-bond donors (Lipinski definition) is 2. The molecule has 1 heterocycles. The average molecular weight is 368 g/mol. The first-order valence-corrected chi connectivity index (χ1v) is 8.79. The lowest BCUT2D eigenvalue weighted by molar-refractivity contribution is 0.0954. The fourth-order valence-electron chi connectivity index (χ4n) is 2.61. The van der Waals surface area contributed by atoms with Crippen molar-refractivity contribution >= 4 is 23.2 Å². The van der Waals surface area contributed by atoms with Gasteiger partial charge in [0.15, 0.2) is 0 Å². The van der Waals surface area contributed by atoms with Gasteiger partial charge in [-0.1, -0.05) is 24.3 Å². The summed E-state index contributed by atoms with van der Waals surface area (Å²) in [6.07, 6.45) is 0. The van der Waals surface area contributed by atoms with Gasteiger partial charge in [0.05, 0.1) is 4.88 Å². The maximum absolute atomic E-state index is 13.1. The van der Waals surface area contributed by atoms with Gasteiger partial charge < -0.3 is 11.1 Å². The number of halogens is 1. The zero-order chi connectivity index (χ0) is 18.7. The van der Waals surface area contributed by atoms with Crippen molar-refractivity contribution in [2.24, 2.45) is 5.73 Å². The van der Waals surface area contributed by atoms with Gasteiger partial charge in [0, 0.05) is 17.0 Å². The largest absolute Gasteiger partial charge is 0.366 e. The molecule has 0 fully saturated rings. The Hall–Kier alpha value is -2.99. The normalized spacial score (nSPS) is 10.5. The number of aryl methyl sites for hydroxylation is 1. The van der Waals surface area contributed by atoms with Crippen LogP contribution in [0.15, 0.2) is 54.6 Å². The highest BCUT2D eigenvalue weighted by atomic mass is 32.1. The molecule has 3 rings (SSSR count). The van der Waals surface area contributed by atoms with Crippen LogP contribution in [0.5, 0.6) is 0 Å². The summed E-state index contributed by atoms with van der Waals surface area (Å²) in [5.74, 6) is -0.996. The fourth-order valence-corrected chi connectivity index (χ4v) is 3.57. The predicted molar refractivity (Wildman–Crippen MR) is 101 cm³/mol. The maximum Gasteiger partial charge on any atom is 0.261 e. The van der Waals surface area contributed by atoms with Crippen molar-refractivity contribution in [2.75, 3.05) is 0 Å². The number of carbonyl (C=O) groups is 2. The Morgan fingerprint density at radius 3 is 2.54 bits per heavy atom. The molecule has 0 aliphatic rings. The summed E-state index contributed by atoms with van der Waals surface area (Å²) in [7, 11) is 0. The van der Waals surface area contributed by atoms with Crippen molar-refractivity contribution in [3.63, 3.8) is 0 Å². The lowest BCUT2D eigenvalue weighted by Crippen LogP contribution is -2.22. The van der Waals surface area contributed by atoms with E-state index in [-0.39, 0.29) is 11.7 Å². The summed E-state index contributed by atoms with van der Waals surface area (Å²) >= 11 is 1.38. The van der Waals surface area contributed by atoms with Crippen LogP contribution < -0.4 is 11.1 Å². The highest BCUT2D eigenvalue weighted by molar-refractivity contribution is 7.14. The van der Waals surface area contributed by atoms with E-state index in [1.54, 1.807) is 30.3 Å². The molecule has 2 aromatic carbocycles. The van der Waals surface area contributed by atoms with E-state index in [2.05, 4.69) is 5.32 Å². The van der Waals surface area contributed by atoms with Crippen molar-refractivity contribution in [3.05, 3.63) is 81.3 Å². The van der Waals surface area contributed by atoms with Gasteiger partial charge in [0.2, 0.25) is 5.91 Å². The summed E-state index contributed by atoms with van der Waals surface area (Å²) < 4.78 is 13.1. The molecule has 0 aliphatic carbocycles. The highest BCUT2D eigenvalue weighted by Gasteiger charge is 2.14. The van der Waals surface area contributed by atoms with Crippen molar-refractivity contribution in [3.8, 4) is 11.1 Å². The standard InChI is InChI=1S/C20H17FN2O2S/c1-12-17(14-5-7-16(21)8-6-14)10-18(26-12)20(25)23-11-13-3-2-4-15(9-13)19(22)24/h2-10H,11H2,1H3,(H2,22,24)(H,23,25). The number of hydrogen-bond acceptors (Lipinski definition) is 3. The summed E-state index contributed by atoms with van der Waals surface area (Å²) in [5.41, 5.74) is 8.25. The molecule has 2 amide bonds. The second-order valence-electron chi connectivity index (χ2n) is 5.83. The van der Waals surface area contributed by atoms with Crippen LogP contribution in [0.4, 0.5) is 4.39 Å². The molecule has 0 radical (unpaired) electrons. The van der Waals surface area contributed by atoms with Gasteiger partial charge >= 0.3 is 0 Å². The lowest BCUT2D eigenvalue weighted by atomic mass is 10.1. The molecule has 0 saturated carbocycles. The molecule has 0 aliphatic heterocycles. The second kappa shape index (κ2) is 7.49. The van der Waals surface area contributed by atoms with Crippen LogP contribution in [0, 0.1) is 12.7 Å². The summed E-state index contributed by atoms with van der Waals surface area (Å²) in [6.45, 7) is 2.22. The molecule has 4 nitrogen and oxygen atoms in total. The van der Waals surface area contributed by atoms with E-state index >= 15 is 0 Å². The minimum absolute atomic E-state index is 0.198. The number of rotatable bonds is 5. The SMILES string of the molecule is Cc1sc(C(=O)NCc2cccc(C(N)=O)c2)cc1-c1ccc(F)cc1. The third kappa shape index (κ3) is 3.97. The average Bonchev–Trinajstić information content (AvgIpc) is 3.02. The molecular weight excluding hydrogens is 351 g/mol. The number of benzene rings is 2. The minimum Gasteiger partial charge on any atom is -0.366 e. The van der Waals surface area contributed by atoms with E-state index in [0.29, 0.717) is 17.0 Å². The van der Waals surface area contributed by atoms with E-state index < -0.39 is 5.91 Å². The zero-order valence-corrected chi connectivity index (χ0v) is 14.9. The Balaban J connectivity index is 1.73. The number of nitrogens with one attached hydrogen (secondary N) is 1. The van der Waals surface area contributed by atoms with Crippen LogP contribution in [0.25, 0.3) is 11.1 Å². The molecule has 132 valence electrons. The van der Waals surface area contributed by atoms with Gasteiger partial charge in [0.25, 0.3) is 5.91 Å². The third-order valence-electron chi connectivity index (χ3n) is 3.96. The van der Waals surface area contributed by atoms with Gasteiger partial charge in [-0.05, 0) is 53.9 Å². The Morgan fingerprint density at radius 2 is 1.85 bits per heavy atom. The molecule has 0 atom stereocenters. The molecule has 3 N–H and O–H groups in total. The highest BCUT2D eigenvalue weighted by Crippen LogP contribution is 2.31. The molecule has 0 bridgehead atoms. The number of thiophene rings is 1. The third-order valence-corrected chi connectivity index (χ3v) is 5.01. The molecular formula is C20H17FN2O2S. The Morgan fingerprint density at radius 1 is 1.12 bits per heavy atom. The number of carbonyl (C=O) groups excluding carboxylic acids is 2. The van der Waals surface area contributed by atoms with Crippen molar-refractivity contribution in [1.82, 2.24) is 5.32 Å². The number of nitrogens with two attached hydrogens (primary N) is 1. The van der Waals surface area contributed by atoms with Crippen molar-refractivity contribution < 1.29 is 14.0 Å². The van der Waals surface area contributed by atoms with Gasteiger partial charge in [-0.3, -0.25) is 9.59 Å². The Bertz CT molecular complexity index is 964. The van der Waals surface area contributed by atoms with Crippen LogP contribution in [0.1, 0.15) is 30.5 Å². The number of amides is 2. The van der Waals surface area contributed by atoms with Crippen molar-refractivity contribution in [1.29, 1.82) is 0 Å². The summed E-state index contributed by atoms with van der Waals surface area (Å²) in [5, 5.41) is 2.84. The van der Waals surface area contributed by atoms with E-state index in [1.807, 2.05) is 19.1 Å². The maximum atomic E-state index is 13.1. The molecule has 1 aromatic heterocycles. The van der Waals surface area contributed by atoms with E-state index in [9.17, 15) is 14.0 Å². The topological polar surface area (TPSA) is 72.2 Å². The molecule has 6 heteroatoms. The Labute approximate surface area is 154 Å². The van der Waals surface area contributed by atoms with Crippen LogP contribution in [-0.4, -0.2) is 11.8 Å². The van der Waals surface area contributed by atoms with Crippen LogP contribution >= 0.6 is 11.3 Å². The fraction of sp³-hybridized carbons (Fsp3) is 0.100. The molecule has 0 spiro atoms. The van der Waals surface area contributed by atoms with Crippen LogP contribution in [-0.2, 0) is 6.54 Å². The summed E-state index contributed by atoms with van der Waals surface area (Å²) in [6, 6.07) is 14.8. The second-order valence-corrected chi connectivity index (χ2v) is 7.09. The first-order chi connectivity index (χ1) is 12.4. The molecule has 3 aromatic rings. The minimum atomic E-state index is -0.504. The van der Waals surface area contributed by atoms with E-state index in [1.165, 1.54) is 23.5 Å². The monoisotopic (exact) mass is 368 g/mol. The smallest absolute Gasteiger partial charge is 0.261 e. The molecule has 0 unspecified atom stereocenters. The zero-order valence-electron chi connectivity index (χ0n) is 14.1.